The third kappa shape index (κ3) is 3.90. The van der Waals surface area contributed by atoms with Crippen molar-refractivity contribution in [1.82, 2.24) is 34.4 Å². The van der Waals surface area contributed by atoms with Gasteiger partial charge in [0.05, 0.1) is 16.9 Å². The van der Waals surface area contributed by atoms with Crippen LogP contribution in [0.15, 0.2) is 29.7 Å². The number of nitrogens with zero attached hydrogens (tertiary/aromatic N) is 6. The van der Waals surface area contributed by atoms with Crippen molar-refractivity contribution in [2.45, 2.75) is 43.4 Å². The summed E-state index contributed by atoms with van der Waals surface area (Å²) in [5.74, 6) is -0.622. The highest BCUT2D eigenvalue weighted by atomic mass is 32.2. The number of halogens is 3. The Morgan fingerprint density at radius 2 is 1.89 bits per heavy atom. The normalized spacial score (nSPS) is 15.6. The molecule has 0 spiro atoms. The summed E-state index contributed by atoms with van der Waals surface area (Å²) in [5, 5.41) is 6.74. The molecular weight excluding hydrogens is 487 g/mol. The van der Waals surface area contributed by atoms with E-state index >= 15 is 0 Å². The molecule has 4 aromatic heterocycles. The van der Waals surface area contributed by atoms with Crippen molar-refractivity contribution in [2.75, 3.05) is 5.75 Å². The van der Waals surface area contributed by atoms with Gasteiger partial charge in [0.1, 0.15) is 16.9 Å². The van der Waals surface area contributed by atoms with E-state index in [-0.39, 0.29) is 56.0 Å². The first-order valence-corrected chi connectivity index (χ1v) is 12.3. The Bertz CT molecular complexity index is 1620. The van der Waals surface area contributed by atoms with E-state index in [4.69, 9.17) is 0 Å². The van der Waals surface area contributed by atoms with Gasteiger partial charge >= 0.3 is 6.18 Å². The number of amides is 1. The number of alkyl halides is 3. The van der Waals surface area contributed by atoms with Crippen molar-refractivity contribution >= 4 is 32.6 Å². The maximum atomic E-state index is 13.2. The van der Waals surface area contributed by atoms with E-state index in [9.17, 15) is 26.4 Å². The topological polar surface area (TPSA) is 124 Å². The summed E-state index contributed by atoms with van der Waals surface area (Å²) in [6.07, 6.45) is 0.454. The average Bonchev–Trinajstić information content (AvgIpc) is 3.25. The lowest BCUT2D eigenvalue weighted by atomic mass is 10.2. The van der Waals surface area contributed by atoms with E-state index in [1.54, 1.807) is 0 Å². The Labute approximate surface area is 197 Å². The smallest absolute Gasteiger partial charge is 0.347 e. The number of hydrogen-bond donors (Lipinski definition) is 1. The lowest BCUT2D eigenvalue weighted by Gasteiger charge is -2.11. The summed E-state index contributed by atoms with van der Waals surface area (Å²) in [5.41, 5.74) is -0.905. The molecule has 14 heteroatoms. The molecule has 184 valence electrons. The van der Waals surface area contributed by atoms with Gasteiger partial charge in [-0.15, -0.1) is 0 Å². The van der Waals surface area contributed by atoms with Crippen LogP contribution in [0.3, 0.4) is 0 Å². The first-order valence-electron chi connectivity index (χ1n) is 10.7. The van der Waals surface area contributed by atoms with E-state index in [0.29, 0.717) is 6.20 Å². The highest BCUT2D eigenvalue weighted by molar-refractivity contribution is 7.91. The van der Waals surface area contributed by atoms with Crippen LogP contribution in [0.1, 0.15) is 42.6 Å². The fourth-order valence-electron chi connectivity index (χ4n) is 3.70. The highest BCUT2D eigenvalue weighted by Crippen LogP contribution is 2.36. The van der Waals surface area contributed by atoms with Crippen LogP contribution in [-0.2, 0) is 23.1 Å². The minimum absolute atomic E-state index is 0.0158. The van der Waals surface area contributed by atoms with Gasteiger partial charge in [-0.2, -0.15) is 18.3 Å². The van der Waals surface area contributed by atoms with Gasteiger partial charge in [-0.3, -0.25) is 4.79 Å². The van der Waals surface area contributed by atoms with Gasteiger partial charge in [-0.25, -0.2) is 27.9 Å². The van der Waals surface area contributed by atoms with Crippen LogP contribution in [0.4, 0.5) is 13.2 Å². The molecule has 5 rings (SSSR count). The van der Waals surface area contributed by atoms with Gasteiger partial charge in [0.25, 0.3) is 5.91 Å². The Morgan fingerprint density at radius 1 is 1.20 bits per heavy atom. The molecule has 0 aromatic carbocycles. The number of pyridine rings is 1. The summed E-state index contributed by atoms with van der Waals surface area (Å²) in [6.45, 7) is 3.36. The molecular formula is C21H20F3N7O3S. The van der Waals surface area contributed by atoms with E-state index in [2.05, 4.69) is 25.4 Å². The fraction of sp³-hybridized carbons (Fsp3) is 0.381. The van der Waals surface area contributed by atoms with E-state index < -0.39 is 21.6 Å². The van der Waals surface area contributed by atoms with Crippen LogP contribution in [0.25, 0.3) is 28.2 Å². The van der Waals surface area contributed by atoms with E-state index in [1.165, 1.54) is 35.4 Å². The molecule has 10 nitrogen and oxygen atoms in total. The van der Waals surface area contributed by atoms with Crippen LogP contribution < -0.4 is 5.32 Å². The molecule has 4 aromatic rings. The second kappa shape index (κ2) is 7.47. The number of imidazole rings is 1. The zero-order chi connectivity index (χ0) is 25.3. The van der Waals surface area contributed by atoms with Gasteiger partial charge in [0, 0.05) is 31.2 Å². The zero-order valence-electron chi connectivity index (χ0n) is 18.9. The average molecular weight is 507 g/mol. The minimum atomic E-state index is -4.62. The van der Waals surface area contributed by atoms with Crippen LogP contribution in [0.2, 0.25) is 0 Å². The van der Waals surface area contributed by atoms with Crippen molar-refractivity contribution in [2.24, 2.45) is 7.05 Å². The van der Waals surface area contributed by atoms with E-state index in [1.807, 2.05) is 6.92 Å². The second-order valence-corrected chi connectivity index (χ2v) is 11.0. The summed E-state index contributed by atoms with van der Waals surface area (Å²) in [6, 6.07) is 0.847. The third-order valence-corrected chi connectivity index (χ3v) is 7.69. The van der Waals surface area contributed by atoms with Gasteiger partial charge < -0.3 is 9.88 Å². The van der Waals surface area contributed by atoms with Crippen LogP contribution in [0.5, 0.6) is 0 Å². The number of hydrogen-bond acceptors (Lipinski definition) is 7. The minimum Gasteiger partial charge on any atom is -0.347 e. The predicted molar refractivity (Wildman–Crippen MR) is 118 cm³/mol. The molecule has 1 fully saturated rings. The standard InChI is InChI=1S/C21H20F3N7O3S/c1-4-35(33,34)19-14(17-27-13-7-12(21(22,23)24)9-26-15(13)30(17)3)16-25-8-11(10-31(16)29-19)18(32)28-20(2)5-6-20/h7-10H,4-6H2,1-3H3,(H,28,32). The number of carbonyl (C=O) groups is 1. The van der Waals surface area contributed by atoms with Crippen molar-refractivity contribution < 1.29 is 26.4 Å². The second-order valence-electron chi connectivity index (χ2n) is 8.77. The molecule has 1 amide bonds. The Morgan fingerprint density at radius 3 is 2.51 bits per heavy atom. The molecule has 1 saturated carbocycles. The van der Waals surface area contributed by atoms with Crippen molar-refractivity contribution in [3.63, 3.8) is 0 Å². The lowest BCUT2D eigenvalue weighted by molar-refractivity contribution is -0.137. The maximum Gasteiger partial charge on any atom is 0.417 e. The Kier molecular flexibility index (Phi) is 4.95. The van der Waals surface area contributed by atoms with Crippen LogP contribution in [0, 0.1) is 0 Å². The van der Waals surface area contributed by atoms with Gasteiger partial charge in [0.15, 0.2) is 26.2 Å². The Hall–Kier alpha value is -3.55. The van der Waals surface area contributed by atoms with E-state index in [0.717, 1.165) is 18.9 Å². The summed E-state index contributed by atoms with van der Waals surface area (Å²) in [7, 11) is -2.39. The molecule has 1 aliphatic carbocycles. The first kappa shape index (κ1) is 23.2. The zero-order valence-corrected chi connectivity index (χ0v) is 19.7. The van der Waals surface area contributed by atoms with Crippen LogP contribution >= 0.6 is 0 Å². The number of aromatic nitrogens is 6. The molecule has 0 saturated heterocycles. The summed E-state index contributed by atoms with van der Waals surface area (Å²) < 4.78 is 67.9. The number of carbonyl (C=O) groups excluding carboxylic acids is 1. The highest BCUT2D eigenvalue weighted by Gasteiger charge is 2.39. The third-order valence-electron chi connectivity index (χ3n) is 6.05. The SMILES string of the molecule is CCS(=O)(=O)c1nn2cc(C(=O)NC3(C)CC3)cnc2c1-c1nc2cc(C(F)(F)F)cnc2n1C. The molecule has 0 atom stereocenters. The van der Waals surface area contributed by atoms with Crippen LogP contribution in [-0.4, -0.2) is 54.7 Å². The Balaban J connectivity index is 1.71. The quantitative estimate of drug-likeness (QED) is 0.441. The van der Waals surface area contributed by atoms with Crippen molar-refractivity contribution in [1.29, 1.82) is 0 Å². The van der Waals surface area contributed by atoms with Gasteiger partial charge in [-0.1, -0.05) is 6.92 Å². The molecule has 35 heavy (non-hydrogen) atoms. The molecule has 1 N–H and O–H groups in total. The molecule has 1 aliphatic rings. The molecule has 0 aliphatic heterocycles. The molecule has 0 radical (unpaired) electrons. The maximum absolute atomic E-state index is 13.2. The number of sulfone groups is 1. The van der Waals surface area contributed by atoms with Crippen molar-refractivity contribution in [3.05, 3.63) is 35.8 Å². The number of rotatable bonds is 5. The number of nitrogens with one attached hydrogen (secondary N) is 1. The monoisotopic (exact) mass is 507 g/mol. The molecule has 0 unspecified atom stereocenters. The van der Waals surface area contributed by atoms with Gasteiger partial charge in [0.2, 0.25) is 0 Å². The predicted octanol–water partition coefficient (Wildman–Crippen LogP) is 2.77. The molecule has 4 heterocycles. The summed E-state index contributed by atoms with van der Waals surface area (Å²) >= 11 is 0. The number of fused-ring (bicyclic) bond motifs is 2. The largest absolute Gasteiger partial charge is 0.417 e. The van der Waals surface area contributed by atoms with Gasteiger partial charge in [-0.05, 0) is 25.8 Å². The number of aryl methyl sites for hydroxylation is 1. The first-order chi connectivity index (χ1) is 16.3. The van der Waals surface area contributed by atoms with Crippen molar-refractivity contribution in [3.8, 4) is 11.4 Å². The molecule has 0 bridgehead atoms. The fourth-order valence-corrected chi connectivity index (χ4v) is 4.68. The lowest BCUT2D eigenvalue weighted by Crippen LogP contribution is -2.34. The summed E-state index contributed by atoms with van der Waals surface area (Å²) in [4.78, 5) is 25.0.